The summed E-state index contributed by atoms with van der Waals surface area (Å²) < 4.78 is 114. The first-order valence-corrected chi connectivity index (χ1v) is 53.4. The standard InChI is InChI=1S/C64H92N20O30P6S6.6Na/c1-30-23-83(62(90)76-54(30)69)51-20-34(111-118(94,124)100-27-41-35(21-52(107-41)84-29-71-53-55(84)77-57(70)78-56(53)85)112-119(95,125)101-28-42-36(113-120(96,126)114-64(5,6)7)19-50(105-42)82-15-11-46(68)75-61(82)89)40(106-51)26-99-117(93,123)110-33-18-49(81-14-10-45(67)74-60(81)88)104-39(33)25-98-116(92,122)109-32-17-48(80-13-9-44(66)73-59(80)87)103-38(32)24-97-115(91,121)108-31-16-47(102-37(31)22-63(2,3)4)79-12-8-43(65)72-58(79)86;;;;;;/h8-15,23,29,31-42,47-52H,16-22,24-28H2,1-7H3,(H,91,121)(H,92,122)(H,93,123)(H,94,124)(H,95,125)(H,96,126)(H2,65,72,86)(H2,66,73,87)(H2,67,74,88)(H2,68,75,89)(H2,69,76,90)(H3,70,77,78,85);;;;;;/q;6*+1/p-6/t31?,32?,33?,34?,35?,36?,37-,38-,39-,40-,41-,42-,47-,48-,49-,50-,51-,52-,115?,116?,117?,118?,119?,120?;;;;;;/m1....../s1. The Morgan fingerprint density at radius 1 is 0.402 bits per heavy atom. The summed E-state index contributed by atoms with van der Waals surface area (Å²) in [5.74, 6) is -0.915. The van der Waals surface area contributed by atoms with E-state index in [1.165, 1.54) is 77.6 Å². The fourth-order valence-electron chi connectivity index (χ4n) is 14.3. The van der Waals surface area contributed by atoms with Crippen molar-refractivity contribution in [2.45, 2.75) is 210 Å². The van der Waals surface area contributed by atoms with Gasteiger partial charge in [-0.2, -0.15) is 29.9 Å². The number of aromatic amines is 1. The van der Waals surface area contributed by atoms with Gasteiger partial charge in [0.1, 0.15) is 137 Å². The molecule has 13 N–H and O–H groups in total. The Bertz CT molecular complexity index is 5930. The number of nitrogens with one attached hydrogen (secondary N) is 1. The van der Waals surface area contributed by atoms with E-state index < -0.39 is 242 Å². The zero-order valence-corrected chi connectivity index (χ0v) is 95.6. The van der Waals surface area contributed by atoms with Crippen LogP contribution in [0.15, 0.2) is 90.3 Å². The predicted octanol–water partition coefficient (Wildman–Crippen LogP) is -19.9. The molecule has 0 spiro atoms. The fourth-order valence-corrected chi connectivity index (χ4v) is 23.8. The molecule has 6 saturated heterocycles. The maximum Gasteiger partial charge on any atom is 1.00 e. The molecule has 0 bridgehead atoms. The SMILES string of the molecule is Cc1cn([C@H]2CC(OP([O-])(=S)OC[C@H]3O[C@@H](n4cnc5c(=O)[nH]c(N)nc54)CC3OP([O-])(=S)OC[C@H]3O[C@@H](n4ccc(N)nc4=O)CC3OP([O-])(=S)OC(C)(C)C)[C@@H](COP([O-])(=S)OC3C[C@H](n4ccc(N)nc4=O)O[C@@H]3COP([O-])(=S)OC3C[C@H](n4ccc(N)nc4=O)O[C@@H]3COP([O-])(=S)OC3C[C@H](n4ccc(N)nc4=O)O[C@@H]3CC(C)(C)C)O2)c(=O)nc1N.[Na+].[Na+].[Na+].[Na+].[Na+].[Na+]. The number of nitrogens with zero attached hydrogens (tertiary/aromatic N) is 13. The van der Waals surface area contributed by atoms with Crippen LogP contribution in [0.25, 0.3) is 11.2 Å². The molecule has 0 amide bonds. The minimum atomic E-state index is -4.98. The molecule has 0 saturated carbocycles. The van der Waals surface area contributed by atoms with Gasteiger partial charge in [0.05, 0.1) is 87.7 Å². The third kappa shape index (κ3) is 32.2. The molecule has 0 aromatic carbocycles. The number of rotatable bonds is 35. The van der Waals surface area contributed by atoms with Gasteiger partial charge in [-0.25, -0.2) is 29.0 Å². The summed E-state index contributed by atoms with van der Waals surface area (Å²) in [6.07, 6.45) is -17.7. The van der Waals surface area contributed by atoms with Crippen LogP contribution in [0.3, 0.4) is 0 Å². The first kappa shape index (κ1) is 119. The number of ether oxygens (including phenoxy) is 6. The Balaban J connectivity index is 0.00000397. The van der Waals surface area contributed by atoms with Crippen molar-refractivity contribution in [1.82, 2.24) is 67.3 Å². The third-order valence-electron chi connectivity index (χ3n) is 19.7. The molecule has 7 aromatic rings. The van der Waals surface area contributed by atoms with Crippen LogP contribution in [0.4, 0.5) is 35.0 Å². The maximum atomic E-state index is 14.8. The van der Waals surface area contributed by atoms with Crippen molar-refractivity contribution in [1.29, 1.82) is 0 Å². The molecule has 132 heavy (non-hydrogen) atoms. The topological polar surface area (TPSA) is 699 Å². The molecule has 13 rings (SSSR count). The summed E-state index contributed by atoms with van der Waals surface area (Å²) in [5, 5.41) is 0. The molecule has 7 aromatic heterocycles. The zero-order valence-electron chi connectivity index (χ0n) is 73.3. The van der Waals surface area contributed by atoms with Crippen molar-refractivity contribution in [3.8, 4) is 0 Å². The third-order valence-corrected chi connectivity index (χ3v) is 29.4. The van der Waals surface area contributed by atoms with Crippen LogP contribution in [0.1, 0.15) is 129 Å². The minimum absolute atomic E-state index is 0. The summed E-state index contributed by atoms with van der Waals surface area (Å²) in [6.45, 7) is -20.7. The molecule has 694 valence electrons. The van der Waals surface area contributed by atoms with Crippen LogP contribution in [-0.2, 0) is 154 Å². The Kier molecular flexibility index (Phi) is 44.4. The van der Waals surface area contributed by atoms with Gasteiger partial charge in [-0.3, -0.25) is 37.2 Å². The van der Waals surface area contributed by atoms with Gasteiger partial charge in [-0.1, -0.05) is 91.6 Å². The second-order valence-electron chi connectivity index (χ2n) is 31.6. The van der Waals surface area contributed by atoms with Crippen molar-refractivity contribution in [2.24, 2.45) is 5.41 Å². The number of aryl methyl sites for hydroxylation is 1. The molecule has 13 heterocycles. The number of hydrogen-bond acceptors (Lipinski definition) is 49. The summed E-state index contributed by atoms with van der Waals surface area (Å²) >= 11 is 32.6. The summed E-state index contributed by atoms with van der Waals surface area (Å²) in [5.41, 5.74) is 28.5. The maximum absolute atomic E-state index is 14.8. The van der Waals surface area contributed by atoms with Gasteiger partial charge >= 0.3 is 206 Å². The number of aromatic nitrogens is 14. The van der Waals surface area contributed by atoms with Crippen LogP contribution in [0.2, 0.25) is 0 Å². The van der Waals surface area contributed by atoms with E-state index in [2.05, 4.69) is 39.9 Å². The average molecular weight is 2130 g/mol. The van der Waals surface area contributed by atoms with Crippen molar-refractivity contribution in [3.63, 3.8) is 0 Å². The Hall–Kier alpha value is 0.490. The first-order chi connectivity index (χ1) is 58.8. The number of hydrogen-bond donors (Lipinski definition) is 7. The van der Waals surface area contributed by atoms with Gasteiger partial charge in [-0.05, 0) is 63.8 Å². The average Bonchev–Trinajstić information content (AvgIpc) is 1.63. The number of anilines is 6. The van der Waals surface area contributed by atoms with E-state index in [-0.39, 0.29) is 249 Å². The molecule has 6 fully saturated rings. The van der Waals surface area contributed by atoms with E-state index in [9.17, 15) is 58.1 Å². The van der Waals surface area contributed by atoms with E-state index in [1.54, 1.807) is 20.8 Å². The van der Waals surface area contributed by atoms with E-state index in [0.717, 1.165) is 18.3 Å². The smallest absolute Gasteiger partial charge is 0.780 e. The van der Waals surface area contributed by atoms with Crippen LogP contribution >= 0.6 is 40.3 Å². The fraction of sp³-hybridized carbons (Fsp3) is 0.609. The molecule has 50 nitrogen and oxygen atoms in total. The van der Waals surface area contributed by atoms with Gasteiger partial charge in [-0.15, -0.1) is 0 Å². The van der Waals surface area contributed by atoms with E-state index in [4.69, 9.17) is 188 Å². The number of imidazole rings is 1. The van der Waals surface area contributed by atoms with E-state index in [1.807, 2.05) is 20.8 Å². The number of nitrogens with two attached hydrogens (primary N) is 6. The van der Waals surface area contributed by atoms with Crippen molar-refractivity contribution >= 4 is 157 Å². The van der Waals surface area contributed by atoms with Gasteiger partial charge in [0, 0.05) is 75.1 Å². The Morgan fingerprint density at radius 2 is 0.667 bits per heavy atom. The van der Waals surface area contributed by atoms with Crippen LogP contribution in [-0.4, -0.2) is 179 Å². The molecule has 0 radical (unpaired) electrons. The molecule has 6 aliphatic rings. The molecule has 0 aliphatic carbocycles. The molecular formula is C64H86N20Na6O30P6S6. The van der Waals surface area contributed by atoms with Gasteiger partial charge in [0.15, 0.2) is 11.2 Å². The number of nitrogen functional groups attached to an aromatic ring is 6. The van der Waals surface area contributed by atoms with E-state index >= 15 is 0 Å². The largest absolute Gasteiger partial charge is 1.00 e. The molecule has 6 aliphatic heterocycles. The molecule has 24 atom stereocenters. The predicted molar refractivity (Wildman–Crippen MR) is 453 cm³/mol. The number of fused-ring (bicyclic) bond motifs is 1. The van der Waals surface area contributed by atoms with Gasteiger partial charge in [0.25, 0.3) is 5.56 Å². The normalized spacial score (nSPS) is 28.2. The first-order valence-electron chi connectivity index (χ1n) is 38.1. The van der Waals surface area contributed by atoms with E-state index in [0.29, 0.717) is 12.0 Å². The summed E-state index contributed by atoms with van der Waals surface area (Å²) in [6, 6.07) is 5.27. The molecule has 12 unspecified atom stereocenters. The van der Waals surface area contributed by atoms with Crippen LogP contribution < -0.4 is 275 Å². The van der Waals surface area contributed by atoms with Gasteiger partial charge < -0.3 is 146 Å². The number of H-pyrrole nitrogens is 1. The van der Waals surface area contributed by atoms with Crippen molar-refractivity contribution in [3.05, 3.63) is 130 Å². The summed E-state index contributed by atoms with van der Waals surface area (Å²) in [4.78, 5) is 195. The zero-order chi connectivity index (χ0) is 91.5. The second kappa shape index (κ2) is 49.1. The van der Waals surface area contributed by atoms with Gasteiger partial charge in [0.2, 0.25) is 5.95 Å². The van der Waals surface area contributed by atoms with Crippen LogP contribution in [0.5, 0.6) is 0 Å². The monoisotopic (exact) mass is 2130 g/mol. The minimum Gasteiger partial charge on any atom is -0.780 e. The van der Waals surface area contributed by atoms with Crippen LogP contribution in [0, 0.1) is 12.3 Å². The summed E-state index contributed by atoms with van der Waals surface area (Å²) in [7, 11) is 0. The van der Waals surface area contributed by atoms with Crippen molar-refractivity contribution in [2.75, 3.05) is 67.4 Å². The Morgan fingerprint density at radius 3 is 0.955 bits per heavy atom. The Labute approximate surface area is 914 Å². The second-order valence-corrected chi connectivity index (χ2v) is 47.8. The molecule has 68 heteroatoms. The van der Waals surface area contributed by atoms with Crippen molar-refractivity contribution < 1.29 is 289 Å². The quantitative estimate of drug-likeness (QED) is 0.0143. The molecular weight excluding hydrogens is 2040 g/mol.